The van der Waals surface area contributed by atoms with Gasteiger partial charge in [0.15, 0.2) is 18.1 Å². The van der Waals surface area contributed by atoms with Gasteiger partial charge in [0.2, 0.25) is 6.79 Å². The Morgan fingerprint density at radius 3 is 2.86 bits per heavy atom. The number of carbonyl (C=O) groups excluding carboxylic acids is 1. The van der Waals surface area contributed by atoms with Crippen LogP contribution in [0.25, 0.3) is 0 Å². The van der Waals surface area contributed by atoms with Crippen LogP contribution < -0.4 is 25.3 Å². The van der Waals surface area contributed by atoms with E-state index in [0.717, 1.165) is 12.0 Å². The molecule has 0 aromatic heterocycles. The van der Waals surface area contributed by atoms with E-state index in [1.807, 2.05) is 0 Å². The summed E-state index contributed by atoms with van der Waals surface area (Å²) in [5, 5.41) is 2.75. The monoisotopic (exact) mass is 296 g/mol. The van der Waals surface area contributed by atoms with Gasteiger partial charge in [0.1, 0.15) is 5.75 Å². The largest absolute Gasteiger partial charge is 0.483 e. The molecule has 0 spiro atoms. The van der Waals surface area contributed by atoms with Crippen molar-refractivity contribution in [3.63, 3.8) is 0 Å². The van der Waals surface area contributed by atoms with Crippen molar-refractivity contribution < 1.29 is 23.7 Å². The van der Waals surface area contributed by atoms with Gasteiger partial charge in [0.05, 0.1) is 0 Å². The maximum absolute atomic E-state index is 11.6. The van der Waals surface area contributed by atoms with Gasteiger partial charge in [-0.2, -0.15) is 0 Å². The number of hydrogen-bond donors (Lipinski definition) is 2. The second-order valence-corrected chi connectivity index (χ2v) is 4.50. The molecule has 0 saturated heterocycles. The average molecular weight is 296 g/mol. The van der Waals surface area contributed by atoms with E-state index in [0.29, 0.717) is 36.9 Å². The molecule has 7 heteroatoms. The van der Waals surface area contributed by atoms with Gasteiger partial charge >= 0.3 is 0 Å². The Balaban J connectivity index is 1.86. The highest BCUT2D eigenvalue weighted by Crippen LogP contribution is 2.37. The quantitative estimate of drug-likeness (QED) is 0.675. The molecule has 3 N–H and O–H groups in total. The molecule has 0 bridgehead atoms. The second-order valence-electron chi connectivity index (χ2n) is 4.50. The van der Waals surface area contributed by atoms with Crippen LogP contribution in [-0.2, 0) is 16.1 Å². The smallest absolute Gasteiger partial charge is 0.257 e. The van der Waals surface area contributed by atoms with Gasteiger partial charge in [-0.05, 0) is 12.5 Å². The normalized spacial score (nSPS) is 12.3. The number of methoxy groups -OCH3 is 1. The Kier molecular flexibility index (Phi) is 5.65. The van der Waals surface area contributed by atoms with Crippen molar-refractivity contribution in [1.29, 1.82) is 0 Å². The van der Waals surface area contributed by atoms with Crippen LogP contribution in [-0.4, -0.2) is 39.6 Å². The average Bonchev–Trinajstić information content (AvgIpc) is 2.95. The summed E-state index contributed by atoms with van der Waals surface area (Å²) in [6.45, 7) is 1.57. The third-order valence-electron chi connectivity index (χ3n) is 2.98. The Morgan fingerprint density at radius 1 is 1.38 bits per heavy atom. The molecule has 1 aromatic carbocycles. The summed E-state index contributed by atoms with van der Waals surface area (Å²) in [5.41, 5.74) is 6.44. The summed E-state index contributed by atoms with van der Waals surface area (Å²) < 4.78 is 21.0. The zero-order valence-corrected chi connectivity index (χ0v) is 12.0. The molecule has 2 rings (SSSR count). The number of hydrogen-bond acceptors (Lipinski definition) is 6. The van der Waals surface area contributed by atoms with Crippen LogP contribution in [0.2, 0.25) is 0 Å². The summed E-state index contributed by atoms with van der Waals surface area (Å²) in [6, 6.07) is 3.47. The predicted molar refractivity (Wildman–Crippen MR) is 75.5 cm³/mol. The molecular formula is C14H20N2O5. The number of ether oxygens (including phenoxy) is 4. The van der Waals surface area contributed by atoms with Crippen molar-refractivity contribution in [1.82, 2.24) is 5.32 Å². The Labute approximate surface area is 123 Å². The van der Waals surface area contributed by atoms with Crippen LogP contribution in [0.3, 0.4) is 0 Å². The lowest BCUT2D eigenvalue weighted by molar-refractivity contribution is -0.123. The van der Waals surface area contributed by atoms with Gasteiger partial charge in [-0.25, -0.2) is 0 Å². The molecule has 0 radical (unpaired) electrons. The molecule has 116 valence electrons. The van der Waals surface area contributed by atoms with E-state index in [1.54, 1.807) is 19.2 Å². The Bertz CT molecular complexity index is 492. The number of nitrogens with two attached hydrogens (primary N) is 1. The maximum Gasteiger partial charge on any atom is 0.257 e. The van der Waals surface area contributed by atoms with Crippen LogP contribution >= 0.6 is 0 Å². The first kappa shape index (κ1) is 15.4. The number of benzene rings is 1. The fourth-order valence-corrected chi connectivity index (χ4v) is 1.90. The summed E-state index contributed by atoms with van der Waals surface area (Å²) >= 11 is 0. The van der Waals surface area contributed by atoms with Gasteiger partial charge in [-0.1, -0.05) is 0 Å². The van der Waals surface area contributed by atoms with E-state index >= 15 is 0 Å². The van der Waals surface area contributed by atoms with Gasteiger partial charge in [-0.15, -0.1) is 0 Å². The molecule has 1 heterocycles. The van der Waals surface area contributed by atoms with Gasteiger partial charge in [0, 0.05) is 38.4 Å². The minimum Gasteiger partial charge on any atom is -0.483 e. The highest BCUT2D eigenvalue weighted by atomic mass is 16.7. The standard InChI is InChI=1S/C14H20N2O5/c1-18-4-2-3-16-14(17)8-19-11-6-13-12(20-9-21-13)5-10(11)7-15/h5-6H,2-4,7-9,15H2,1H3,(H,16,17). The molecule has 1 amide bonds. The second kappa shape index (κ2) is 7.70. The number of nitrogens with one attached hydrogen (secondary N) is 1. The lowest BCUT2D eigenvalue weighted by Crippen LogP contribution is -2.30. The van der Waals surface area contributed by atoms with Crippen molar-refractivity contribution in [2.75, 3.05) is 33.7 Å². The number of rotatable bonds is 8. The van der Waals surface area contributed by atoms with E-state index in [9.17, 15) is 4.79 Å². The van der Waals surface area contributed by atoms with Crippen molar-refractivity contribution in [2.24, 2.45) is 5.73 Å². The third kappa shape index (κ3) is 4.24. The number of carbonyl (C=O) groups is 1. The topological polar surface area (TPSA) is 92.0 Å². The minimum atomic E-state index is -0.188. The summed E-state index contributed by atoms with van der Waals surface area (Å²) in [7, 11) is 1.62. The molecule has 1 aromatic rings. The van der Waals surface area contributed by atoms with E-state index in [1.165, 1.54) is 0 Å². The molecule has 1 aliphatic heterocycles. The van der Waals surface area contributed by atoms with Crippen molar-refractivity contribution in [3.05, 3.63) is 17.7 Å². The van der Waals surface area contributed by atoms with Crippen LogP contribution in [0, 0.1) is 0 Å². The van der Waals surface area contributed by atoms with Crippen molar-refractivity contribution in [2.45, 2.75) is 13.0 Å². The fraction of sp³-hybridized carbons (Fsp3) is 0.500. The highest BCUT2D eigenvalue weighted by molar-refractivity contribution is 5.77. The molecule has 0 aliphatic carbocycles. The molecule has 7 nitrogen and oxygen atoms in total. The molecule has 21 heavy (non-hydrogen) atoms. The predicted octanol–water partition coefficient (Wildman–Crippen LogP) is 0.406. The highest BCUT2D eigenvalue weighted by Gasteiger charge is 2.18. The first-order chi connectivity index (χ1) is 10.2. The lowest BCUT2D eigenvalue weighted by Gasteiger charge is -2.11. The Hall–Kier alpha value is -1.99. The van der Waals surface area contributed by atoms with Crippen LogP contribution in [0.4, 0.5) is 0 Å². The van der Waals surface area contributed by atoms with Gasteiger partial charge in [-0.3, -0.25) is 4.79 Å². The Morgan fingerprint density at radius 2 is 2.14 bits per heavy atom. The first-order valence-electron chi connectivity index (χ1n) is 6.75. The maximum atomic E-state index is 11.6. The molecule has 0 saturated carbocycles. The third-order valence-corrected chi connectivity index (χ3v) is 2.98. The van der Waals surface area contributed by atoms with E-state index in [-0.39, 0.29) is 19.3 Å². The van der Waals surface area contributed by atoms with E-state index in [2.05, 4.69) is 5.32 Å². The van der Waals surface area contributed by atoms with Crippen LogP contribution in [0.15, 0.2) is 12.1 Å². The molecule has 0 unspecified atom stereocenters. The molecule has 0 fully saturated rings. The first-order valence-corrected chi connectivity index (χ1v) is 6.75. The fourth-order valence-electron chi connectivity index (χ4n) is 1.90. The van der Waals surface area contributed by atoms with Crippen LogP contribution in [0.1, 0.15) is 12.0 Å². The van der Waals surface area contributed by atoms with Gasteiger partial charge < -0.3 is 30.0 Å². The molecule has 0 atom stereocenters. The van der Waals surface area contributed by atoms with E-state index < -0.39 is 0 Å². The van der Waals surface area contributed by atoms with E-state index in [4.69, 9.17) is 24.7 Å². The molecule has 1 aliphatic rings. The summed E-state index contributed by atoms with van der Waals surface area (Å²) in [5.74, 6) is 1.59. The zero-order valence-electron chi connectivity index (χ0n) is 12.0. The number of fused-ring (bicyclic) bond motifs is 1. The minimum absolute atomic E-state index is 0.0698. The summed E-state index contributed by atoms with van der Waals surface area (Å²) in [6.07, 6.45) is 0.764. The van der Waals surface area contributed by atoms with Crippen molar-refractivity contribution in [3.8, 4) is 17.2 Å². The van der Waals surface area contributed by atoms with Crippen molar-refractivity contribution >= 4 is 5.91 Å². The SMILES string of the molecule is COCCCNC(=O)COc1cc2c(cc1CN)OCO2. The summed E-state index contributed by atoms with van der Waals surface area (Å²) in [4.78, 5) is 11.6. The number of amides is 1. The van der Waals surface area contributed by atoms with Crippen LogP contribution in [0.5, 0.6) is 17.2 Å². The zero-order chi connectivity index (χ0) is 15.1. The lowest BCUT2D eigenvalue weighted by atomic mass is 10.2. The molecular weight excluding hydrogens is 276 g/mol. The van der Waals surface area contributed by atoms with Gasteiger partial charge in [0.25, 0.3) is 5.91 Å².